The van der Waals surface area contributed by atoms with Crippen LogP contribution in [0.15, 0.2) is 21.9 Å². The molecule has 2 spiro atoms. The fraction of sp³-hybridized carbons (Fsp3) is 0.654. The SMILES string of the molecule is CN1C(=O)N(C)C2(CC3(CCC(n4c(=O)c5c(N)ccnc5n(CC5CCCC5)c4=O)CC3)C2)C1=O. The summed E-state index contributed by atoms with van der Waals surface area (Å²) >= 11 is 0. The van der Waals surface area contributed by atoms with Gasteiger partial charge in [-0.25, -0.2) is 14.6 Å². The molecular weight excluding hydrogens is 460 g/mol. The van der Waals surface area contributed by atoms with Crippen molar-refractivity contribution in [1.82, 2.24) is 23.9 Å². The molecule has 10 heteroatoms. The topological polar surface area (TPSA) is 124 Å². The maximum absolute atomic E-state index is 13.8. The average Bonchev–Trinajstić information content (AvgIpc) is 3.41. The van der Waals surface area contributed by atoms with Gasteiger partial charge in [-0.05, 0) is 68.8 Å². The Bertz CT molecular complexity index is 1370. The first-order valence-electron chi connectivity index (χ1n) is 13.1. The van der Waals surface area contributed by atoms with Crippen LogP contribution in [0, 0.1) is 11.3 Å². The number of imide groups is 1. The highest BCUT2D eigenvalue weighted by atomic mass is 16.2. The van der Waals surface area contributed by atoms with Gasteiger partial charge in [0, 0.05) is 38.6 Å². The van der Waals surface area contributed by atoms with E-state index in [1.807, 2.05) is 0 Å². The average molecular weight is 495 g/mol. The second-order valence-electron chi connectivity index (χ2n) is 11.6. The van der Waals surface area contributed by atoms with Gasteiger partial charge in [-0.1, -0.05) is 12.8 Å². The molecule has 0 aromatic carbocycles. The van der Waals surface area contributed by atoms with Crippen LogP contribution in [0.4, 0.5) is 10.5 Å². The van der Waals surface area contributed by atoms with Crippen LogP contribution < -0.4 is 17.0 Å². The van der Waals surface area contributed by atoms with Gasteiger partial charge in [0.15, 0.2) is 5.65 Å². The second-order valence-corrected chi connectivity index (χ2v) is 11.6. The number of hydrogen-bond acceptors (Lipinski definition) is 6. The Morgan fingerprint density at radius 3 is 2.31 bits per heavy atom. The lowest BCUT2D eigenvalue weighted by Crippen LogP contribution is -2.63. The zero-order chi connectivity index (χ0) is 25.4. The number of amides is 3. The Kier molecular flexibility index (Phi) is 5.11. The molecule has 2 aromatic rings. The first-order chi connectivity index (χ1) is 17.2. The first-order valence-corrected chi connectivity index (χ1v) is 13.1. The number of pyridine rings is 1. The van der Waals surface area contributed by atoms with E-state index in [9.17, 15) is 19.2 Å². The van der Waals surface area contributed by atoms with Gasteiger partial charge in [0.25, 0.3) is 11.5 Å². The molecule has 3 aliphatic carbocycles. The van der Waals surface area contributed by atoms with E-state index in [1.54, 1.807) is 35.8 Å². The normalized spacial score (nSPS) is 30.8. The van der Waals surface area contributed by atoms with E-state index in [0.717, 1.165) is 38.5 Å². The predicted molar refractivity (Wildman–Crippen MR) is 134 cm³/mol. The van der Waals surface area contributed by atoms with Gasteiger partial charge in [-0.3, -0.25) is 23.6 Å². The van der Waals surface area contributed by atoms with Crippen LogP contribution in [0.2, 0.25) is 0 Å². The predicted octanol–water partition coefficient (Wildman–Crippen LogP) is 2.49. The maximum Gasteiger partial charge on any atom is 0.332 e. The molecule has 2 N–H and O–H groups in total. The number of hydrogen-bond donors (Lipinski definition) is 1. The Hall–Kier alpha value is -3.17. The molecule has 10 nitrogen and oxygen atoms in total. The molecule has 0 radical (unpaired) electrons. The Balaban J connectivity index is 1.30. The standard InChI is InChI=1S/C26H34N6O4/c1-29-22(34)26(30(2)23(29)35)14-25(15-26)10-7-17(8-11-25)32-21(33)19-18(27)9-12-28-20(19)31(24(32)36)13-16-5-3-4-6-16/h9,12,16-17H,3-8,10-11,13-15H2,1-2H3,(H2,27,28). The largest absolute Gasteiger partial charge is 0.398 e. The van der Waals surface area contributed by atoms with E-state index in [0.29, 0.717) is 54.9 Å². The van der Waals surface area contributed by atoms with Gasteiger partial charge in [0.2, 0.25) is 0 Å². The number of likely N-dealkylation sites (N-methyl/N-ethyl adjacent to an activating group) is 2. The molecule has 0 bridgehead atoms. The molecule has 4 fully saturated rings. The quantitative estimate of drug-likeness (QED) is 0.654. The number of nitrogens with two attached hydrogens (primary N) is 1. The molecule has 1 aliphatic heterocycles. The molecule has 3 heterocycles. The third-order valence-electron chi connectivity index (χ3n) is 9.64. The number of carbonyl (C=O) groups excluding carboxylic acids is 2. The Morgan fingerprint density at radius 1 is 1.03 bits per heavy atom. The summed E-state index contributed by atoms with van der Waals surface area (Å²) in [5.41, 5.74) is 5.57. The number of anilines is 1. The highest BCUT2D eigenvalue weighted by Gasteiger charge is 2.66. The van der Waals surface area contributed by atoms with E-state index in [4.69, 9.17) is 5.73 Å². The van der Waals surface area contributed by atoms with Gasteiger partial charge in [0.1, 0.15) is 10.9 Å². The van der Waals surface area contributed by atoms with Crippen LogP contribution in [0.3, 0.4) is 0 Å². The molecular formula is C26H34N6O4. The Morgan fingerprint density at radius 2 is 1.69 bits per heavy atom. The van der Waals surface area contributed by atoms with Gasteiger partial charge < -0.3 is 10.6 Å². The summed E-state index contributed by atoms with van der Waals surface area (Å²) < 4.78 is 3.11. The number of aromatic nitrogens is 3. The minimum absolute atomic E-state index is 0.0320. The van der Waals surface area contributed by atoms with Crippen LogP contribution >= 0.6 is 0 Å². The zero-order valence-electron chi connectivity index (χ0n) is 21.0. The minimum atomic E-state index is -0.730. The van der Waals surface area contributed by atoms with E-state index in [-0.39, 0.29) is 34.6 Å². The maximum atomic E-state index is 13.8. The molecule has 6 rings (SSSR count). The molecule has 36 heavy (non-hydrogen) atoms. The smallest absolute Gasteiger partial charge is 0.332 e. The third-order valence-corrected chi connectivity index (χ3v) is 9.64. The van der Waals surface area contributed by atoms with E-state index in [2.05, 4.69) is 4.98 Å². The molecule has 2 aromatic heterocycles. The number of nitrogens with zero attached hydrogens (tertiary/aromatic N) is 5. The zero-order valence-corrected chi connectivity index (χ0v) is 21.0. The molecule has 4 aliphatic rings. The number of nitrogen functional groups attached to an aromatic ring is 1. The molecule has 3 saturated carbocycles. The molecule has 0 unspecified atom stereocenters. The molecule has 1 saturated heterocycles. The van der Waals surface area contributed by atoms with Gasteiger partial charge >= 0.3 is 11.7 Å². The molecule has 192 valence electrons. The summed E-state index contributed by atoms with van der Waals surface area (Å²) in [4.78, 5) is 59.7. The molecule has 0 atom stereocenters. The van der Waals surface area contributed by atoms with Crippen molar-refractivity contribution in [3.63, 3.8) is 0 Å². The third kappa shape index (κ3) is 3.12. The number of carbonyl (C=O) groups is 2. The summed E-state index contributed by atoms with van der Waals surface area (Å²) in [6.45, 7) is 0.557. The van der Waals surface area contributed by atoms with Crippen molar-refractivity contribution in [2.45, 2.75) is 82.3 Å². The highest BCUT2D eigenvalue weighted by molar-refractivity contribution is 6.07. The summed E-state index contributed by atoms with van der Waals surface area (Å²) in [6, 6.07) is 1.16. The van der Waals surface area contributed by atoms with Crippen molar-refractivity contribution in [2.75, 3.05) is 19.8 Å². The van der Waals surface area contributed by atoms with Crippen LogP contribution in [-0.2, 0) is 11.3 Å². The Labute approximate surface area is 209 Å². The van der Waals surface area contributed by atoms with Crippen LogP contribution in [0.25, 0.3) is 11.0 Å². The lowest BCUT2D eigenvalue weighted by atomic mass is 9.51. The number of rotatable bonds is 3. The van der Waals surface area contributed by atoms with Crippen LogP contribution in [0.5, 0.6) is 0 Å². The summed E-state index contributed by atoms with van der Waals surface area (Å²) in [5.74, 6) is 0.286. The summed E-state index contributed by atoms with van der Waals surface area (Å²) in [5, 5.41) is 0.331. The van der Waals surface area contributed by atoms with Crippen LogP contribution in [0.1, 0.15) is 70.3 Å². The van der Waals surface area contributed by atoms with Crippen molar-refractivity contribution >= 4 is 28.7 Å². The van der Waals surface area contributed by atoms with Crippen molar-refractivity contribution in [1.29, 1.82) is 0 Å². The van der Waals surface area contributed by atoms with Gasteiger partial charge in [-0.2, -0.15) is 0 Å². The first kappa shape index (κ1) is 23.2. The monoisotopic (exact) mass is 494 g/mol. The van der Waals surface area contributed by atoms with E-state index < -0.39 is 5.54 Å². The van der Waals surface area contributed by atoms with Gasteiger partial charge in [-0.15, -0.1) is 0 Å². The fourth-order valence-corrected chi connectivity index (χ4v) is 7.61. The van der Waals surface area contributed by atoms with Crippen molar-refractivity contribution in [2.24, 2.45) is 11.3 Å². The van der Waals surface area contributed by atoms with Crippen molar-refractivity contribution < 1.29 is 9.59 Å². The van der Waals surface area contributed by atoms with E-state index >= 15 is 0 Å². The minimum Gasteiger partial charge on any atom is -0.398 e. The lowest BCUT2D eigenvalue weighted by Gasteiger charge is -2.57. The van der Waals surface area contributed by atoms with Gasteiger partial charge in [0.05, 0.1) is 0 Å². The van der Waals surface area contributed by atoms with Crippen molar-refractivity contribution in [3.8, 4) is 0 Å². The van der Waals surface area contributed by atoms with Crippen molar-refractivity contribution in [3.05, 3.63) is 33.1 Å². The number of fused-ring (bicyclic) bond motifs is 1. The van der Waals surface area contributed by atoms with E-state index in [1.165, 1.54) is 9.47 Å². The second kappa shape index (κ2) is 7.91. The fourth-order valence-electron chi connectivity index (χ4n) is 7.61. The number of urea groups is 1. The summed E-state index contributed by atoms with van der Waals surface area (Å²) in [6.07, 6.45) is 10.3. The summed E-state index contributed by atoms with van der Waals surface area (Å²) in [7, 11) is 3.25. The van der Waals surface area contributed by atoms with Crippen LogP contribution in [-0.4, -0.2) is 55.5 Å². The lowest BCUT2D eigenvalue weighted by molar-refractivity contribution is -0.148. The highest BCUT2D eigenvalue weighted by Crippen LogP contribution is 2.61. The molecule has 3 amide bonds.